The first-order chi connectivity index (χ1) is 25.9. The van der Waals surface area contributed by atoms with Crippen molar-refractivity contribution < 1.29 is 22.8 Å². The van der Waals surface area contributed by atoms with Gasteiger partial charge in [-0.2, -0.15) is 0 Å². The largest absolute Gasteiger partial charge is 0.337 e. The van der Waals surface area contributed by atoms with E-state index in [9.17, 15) is 22.8 Å². The van der Waals surface area contributed by atoms with Crippen LogP contribution in [-0.4, -0.2) is 71.2 Å². The van der Waals surface area contributed by atoms with Gasteiger partial charge in [0.05, 0.1) is 10.5 Å². The summed E-state index contributed by atoms with van der Waals surface area (Å²) in [6, 6.07) is 21.6. The molecule has 1 aliphatic rings. The van der Waals surface area contributed by atoms with Crippen LogP contribution in [0.5, 0.6) is 0 Å². The lowest BCUT2D eigenvalue weighted by Crippen LogP contribution is -2.48. The fraction of sp³-hybridized carbons (Fsp3) is 0.317. The summed E-state index contributed by atoms with van der Waals surface area (Å²) in [7, 11) is -2.59. The van der Waals surface area contributed by atoms with Crippen molar-refractivity contribution in [1.82, 2.24) is 24.1 Å². The van der Waals surface area contributed by atoms with Crippen LogP contribution in [0.4, 0.5) is 0 Å². The van der Waals surface area contributed by atoms with E-state index in [0.717, 1.165) is 42.2 Å². The molecule has 11 nitrogen and oxygen atoms in total. The second-order valence-corrected chi connectivity index (χ2v) is 15.8. The highest BCUT2D eigenvalue weighted by molar-refractivity contribution is 7.90. The molecule has 3 amide bonds. The number of nitrogens with one attached hydrogen (secondary N) is 1. The van der Waals surface area contributed by atoms with E-state index in [2.05, 4.69) is 18.6 Å². The number of amides is 3. The molecule has 5 aromatic rings. The Morgan fingerprint density at radius 3 is 2.37 bits per heavy atom. The van der Waals surface area contributed by atoms with Crippen LogP contribution in [0.2, 0.25) is 5.02 Å². The van der Waals surface area contributed by atoms with E-state index >= 15 is 0 Å². The number of benzene rings is 4. The topological polar surface area (TPSA) is 148 Å². The van der Waals surface area contributed by atoms with Gasteiger partial charge in [0.15, 0.2) is 0 Å². The maximum absolute atomic E-state index is 14.7. The number of imidazole rings is 1. The molecule has 0 saturated heterocycles. The van der Waals surface area contributed by atoms with Gasteiger partial charge in [-0.3, -0.25) is 14.4 Å². The first kappa shape index (κ1) is 38.7. The fourth-order valence-corrected chi connectivity index (χ4v) is 8.10. The van der Waals surface area contributed by atoms with Crippen molar-refractivity contribution >= 4 is 50.1 Å². The SMILES string of the molecule is CCCCN(CCCC)C(=O)c1cn(C)c(-c2ccc(C(=O)NS(=O)(=O)c3ccc4cccc(Cl)c4c3)cc2C(=O)N2Cc3ccccc3C[C@H]2CN)n1. The molecule has 0 aliphatic carbocycles. The first-order valence-electron chi connectivity index (χ1n) is 18.3. The highest BCUT2D eigenvalue weighted by atomic mass is 35.5. The van der Waals surface area contributed by atoms with Gasteiger partial charge in [0.1, 0.15) is 11.5 Å². The molecule has 3 N–H and O–H groups in total. The molecule has 0 radical (unpaired) electrons. The van der Waals surface area contributed by atoms with E-state index in [1.165, 1.54) is 24.3 Å². The first-order valence-corrected chi connectivity index (χ1v) is 20.1. The van der Waals surface area contributed by atoms with Gasteiger partial charge in [-0.15, -0.1) is 0 Å². The number of hydrogen-bond acceptors (Lipinski definition) is 7. The number of halogens is 1. The fourth-order valence-electron chi connectivity index (χ4n) is 6.86. The number of aryl methyl sites for hydroxylation is 1. The number of fused-ring (bicyclic) bond motifs is 2. The number of carbonyl (C=O) groups excluding carboxylic acids is 3. The van der Waals surface area contributed by atoms with Gasteiger partial charge in [0.2, 0.25) is 0 Å². The summed E-state index contributed by atoms with van der Waals surface area (Å²) in [6.45, 7) is 5.88. The van der Waals surface area contributed by atoms with Gasteiger partial charge in [-0.25, -0.2) is 18.1 Å². The predicted octanol–water partition coefficient (Wildman–Crippen LogP) is 6.58. The molecule has 6 rings (SSSR count). The monoisotopic (exact) mass is 768 g/mol. The van der Waals surface area contributed by atoms with E-state index in [0.29, 0.717) is 47.9 Å². The van der Waals surface area contributed by atoms with E-state index < -0.39 is 21.8 Å². The van der Waals surface area contributed by atoms with E-state index in [1.807, 2.05) is 35.2 Å². The Labute approximate surface area is 321 Å². The Balaban J connectivity index is 1.39. The van der Waals surface area contributed by atoms with Crippen LogP contribution < -0.4 is 10.5 Å². The normalized spacial score (nSPS) is 14.2. The van der Waals surface area contributed by atoms with Crippen molar-refractivity contribution in [3.8, 4) is 11.4 Å². The number of nitrogens with two attached hydrogens (primary N) is 1. The lowest BCUT2D eigenvalue weighted by Gasteiger charge is -2.36. The van der Waals surface area contributed by atoms with Gasteiger partial charge < -0.3 is 20.1 Å². The highest BCUT2D eigenvalue weighted by Gasteiger charge is 2.33. The molecule has 0 bridgehead atoms. The third kappa shape index (κ3) is 8.06. The average molecular weight is 769 g/mol. The summed E-state index contributed by atoms with van der Waals surface area (Å²) in [5.41, 5.74) is 9.01. The summed E-state index contributed by atoms with van der Waals surface area (Å²) in [5, 5.41) is 1.65. The summed E-state index contributed by atoms with van der Waals surface area (Å²) in [4.78, 5) is 50.3. The lowest BCUT2D eigenvalue weighted by atomic mass is 9.92. The number of carbonyl (C=O) groups is 3. The zero-order valence-corrected chi connectivity index (χ0v) is 32.3. The Morgan fingerprint density at radius 1 is 0.944 bits per heavy atom. The maximum atomic E-state index is 14.7. The Morgan fingerprint density at radius 2 is 1.67 bits per heavy atom. The molecule has 13 heteroatoms. The highest BCUT2D eigenvalue weighted by Crippen LogP contribution is 2.31. The molecule has 1 aromatic heterocycles. The van der Waals surface area contributed by atoms with Crippen LogP contribution >= 0.6 is 11.6 Å². The van der Waals surface area contributed by atoms with Gasteiger partial charge in [-0.05, 0) is 72.2 Å². The summed E-state index contributed by atoms with van der Waals surface area (Å²) in [6.07, 6.45) is 5.81. The lowest BCUT2D eigenvalue weighted by molar-refractivity contribution is 0.0648. The molecule has 0 spiro atoms. The van der Waals surface area contributed by atoms with Crippen molar-refractivity contribution in [2.75, 3.05) is 19.6 Å². The van der Waals surface area contributed by atoms with Gasteiger partial charge in [0.25, 0.3) is 27.7 Å². The molecule has 282 valence electrons. The van der Waals surface area contributed by atoms with Crippen LogP contribution in [0, 0.1) is 0 Å². The molecule has 2 heterocycles. The third-order valence-electron chi connectivity index (χ3n) is 9.93. The second kappa shape index (κ2) is 16.5. The minimum atomic E-state index is -4.34. The van der Waals surface area contributed by atoms with E-state index in [-0.39, 0.29) is 40.2 Å². The van der Waals surface area contributed by atoms with Crippen LogP contribution in [0.15, 0.2) is 90.0 Å². The quantitative estimate of drug-likeness (QED) is 0.138. The number of hydrogen-bond donors (Lipinski definition) is 2. The zero-order valence-electron chi connectivity index (χ0n) is 30.7. The number of rotatable bonds is 13. The van der Waals surface area contributed by atoms with Gasteiger partial charge in [0, 0.05) is 67.0 Å². The molecule has 1 aliphatic heterocycles. The predicted molar refractivity (Wildman–Crippen MR) is 211 cm³/mol. The van der Waals surface area contributed by atoms with Crippen LogP contribution in [0.1, 0.15) is 81.9 Å². The number of nitrogens with zero attached hydrogens (tertiary/aromatic N) is 4. The molecule has 54 heavy (non-hydrogen) atoms. The van der Waals surface area contributed by atoms with Crippen molar-refractivity contribution in [2.24, 2.45) is 12.8 Å². The maximum Gasteiger partial charge on any atom is 0.274 e. The summed E-state index contributed by atoms with van der Waals surface area (Å²) < 4.78 is 30.9. The molecular weight excluding hydrogens is 724 g/mol. The molecule has 4 aromatic carbocycles. The van der Waals surface area contributed by atoms with E-state index in [1.54, 1.807) is 47.0 Å². The van der Waals surface area contributed by atoms with Gasteiger partial charge >= 0.3 is 0 Å². The average Bonchev–Trinajstić information content (AvgIpc) is 3.57. The molecule has 1 atom stereocenters. The number of aromatic nitrogens is 2. The number of sulfonamides is 1. The summed E-state index contributed by atoms with van der Waals surface area (Å²) >= 11 is 6.34. The van der Waals surface area contributed by atoms with Crippen molar-refractivity contribution in [3.63, 3.8) is 0 Å². The summed E-state index contributed by atoms with van der Waals surface area (Å²) in [5.74, 6) is -1.17. The molecule has 0 unspecified atom stereocenters. The smallest absolute Gasteiger partial charge is 0.274 e. The molecular formula is C41H45ClN6O5S. The molecule has 0 fully saturated rings. The Kier molecular flexibility index (Phi) is 11.8. The minimum Gasteiger partial charge on any atom is -0.337 e. The van der Waals surface area contributed by atoms with Crippen molar-refractivity contribution in [2.45, 2.75) is 63.4 Å². The zero-order chi connectivity index (χ0) is 38.6. The minimum absolute atomic E-state index is 0.0537. The van der Waals surface area contributed by atoms with Crippen LogP contribution in [0.25, 0.3) is 22.2 Å². The van der Waals surface area contributed by atoms with Crippen molar-refractivity contribution in [3.05, 3.63) is 118 Å². The third-order valence-corrected chi connectivity index (χ3v) is 11.6. The standard InChI is InChI=1S/C41H45ClN6O5S/c1-4-6-19-47(20-7-5-2)41(51)37-26-46(3)38(44-37)33-18-16-29(22-35(33)40(50)48-25-30-12-9-8-11-28(30)21-31(48)24-43)39(49)45-54(52,53)32-17-15-27-13-10-14-36(42)34(27)23-32/h8-18,22-23,26,31H,4-7,19-21,24-25,43H2,1-3H3,(H,45,49)/t31-/m0/s1. The Bertz CT molecular complexity index is 2320. The second-order valence-electron chi connectivity index (χ2n) is 13.7. The van der Waals surface area contributed by atoms with Crippen LogP contribution in [0.3, 0.4) is 0 Å². The number of unbranched alkanes of at least 4 members (excludes halogenated alkanes) is 2. The van der Waals surface area contributed by atoms with E-state index in [4.69, 9.17) is 22.3 Å². The Hall–Kier alpha value is -5.04. The molecule has 0 saturated carbocycles. The van der Waals surface area contributed by atoms with Crippen molar-refractivity contribution in [1.29, 1.82) is 0 Å². The van der Waals surface area contributed by atoms with Gasteiger partial charge in [-0.1, -0.05) is 80.8 Å². The van der Waals surface area contributed by atoms with Crippen LogP contribution in [-0.2, 0) is 30.0 Å².